The Morgan fingerprint density at radius 1 is 1.71 bits per heavy atom. The van der Waals surface area contributed by atoms with E-state index in [1.807, 2.05) is 10.3 Å². The highest BCUT2D eigenvalue weighted by molar-refractivity contribution is 7.09. The monoisotopic (exact) mass is 253 g/mol. The van der Waals surface area contributed by atoms with Crippen LogP contribution in [0.1, 0.15) is 24.5 Å². The molecule has 0 radical (unpaired) electrons. The summed E-state index contributed by atoms with van der Waals surface area (Å²) in [6, 6.07) is 0.292. The molecule has 4 nitrogen and oxygen atoms in total. The van der Waals surface area contributed by atoms with Crippen LogP contribution in [0.3, 0.4) is 0 Å². The van der Waals surface area contributed by atoms with E-state index in [4.69, 9.17) is 0 Å². The van der Waals surface area contributed by atoms with Crippen molar-refractivity contribution in [2.45, 2.75) is 32.7 Å². The molecule has 0 spiro atoms. The average molecular weight is 253 g/mol. The van der Waals surface area contributed by atoms with Crippen LogP contribution in [0.25, 0.3) is 0 Å². The van der Waals surface area contributed by atoms with E-state index in [0.717, 1.165) is 36.8 Å². The number of hydrogen-bond donors (Lipinski definition) is 1. The van der Waals surface area contributed by atoms with Crippen molar-refractivity contribution in [3.63, 3.8) is 0 Å². The van der Waals surface area contributed by atoms with Crippen LogP contribution in [-0.2, 0) is 17.6 Å². The van der Waals surface area contributed by atoms with Gasteiger partial charge in [-0.15, -0.1) is 11.3 Å². The zero-order chi connectivity index (χ0) is 12.3. The molecule has 1 fully saturated rings. The number of aromatic nitrogens is 1. The van der Waals surface area contributed by atoms with E-state index in [-0.39, 0.29) is 5.91 Å². The summed E-state index contributed by atoms with van der Waals surface area (Å²) in [5, 5.41) is 6.40. The highest BCUT2D eigenvalue weighted by Crippen LogP contribution is 2.13. The Hall–Kier alpha value is -0.940. The van der Waals surface area contributed by atoms with Gasteiger partial charge < -0.3 is 10.2 Å². The number of rotatable bonds is 3. The van der Waals surface area contributed by atoms with Gasteiger partial charge in [0.05, 0.1) is 17.1 Å². The number of piperazine rings is 1. The van der Waals surface area contributed by atoms with Crippen LogP contribution in [0.15, 0.2) is 5.38 Å². The fourth-order valence-electron chi connectivity index (χ4n) is 2.06. The maximum absolute atomic E-state index is 12.1. The summed E-state index contributed by atoms with van der Waals surface area (Å²) in [5.74, 6) is 0.201. The third-order valence-corrected chi connectivity index (χ3v) is 4.10. The van der Waals surface area contributed by atoms with Gasteiger partial charge in [-0.25, -0.2) is 4.98 Å². The van der Waals surface area contributed by atoms with Crippen LogP contribution < -0.4 is 5.32 Å². The molecule has 94 valence electrons. The van der Waals surface area contributed by atoms with Gasteiger partial charge in [0.2, 0.25) is 5.91 Å². The van der Waals surface area contributed by atoms with Gasteiger partial charge in [0.1, 0.15) is 0 Å². The molecule has 5 heteroatoms. The fourth-order valence-corrected chi connectivity index (χ4v) is 2.81. The first-order chi connectivity index (χ1) is 8.20. The maximum Gasteiger partial charge on any atom is 0.228 e. The van der Waals surface area contributed by atoms with Crippen molar-refractivity contribution < 1.29 is 4.79 Å². The number of nitrogens with zero attached hydrogens (tertiary/aromatic N) is 2. The Kier molecular flexibility index (Phi) is 4.12. The normalized spacial score (nSPS) is 20.6. The van der Waals surface area contributed by atoms with E-state index in [0.29, 0.717) is 12.5 Å². The van der Waals surface area contributed by atoms with Crippen molar-refractivity contribution in [3.05, 3.63) is 16.1 Å². The van der Waals surface area contributed by atoms with Crippen LogP contribution in [0, 0.1) is 0 Å². The van der Waals surface area contributed by atoms with Gasteiger partial charge in [-0.05, 0) is 13.3 Å². The van der Waals surface area contributed by atoms with Crippen molar-refractivity contribution in [1.29, 1.82) is 0 Å². The molecule has 1 saturated heterocycles. The number of hydrogen-bond acceptors (Lipinski definition) is 4. The lowest BCUT2D eigenvalue weighted by Crippen LogP contribution is -2.52. The van der Waals surface area contributed by atoms with E-state index in [2.05, 4.69) is 24.1 Å². The van der Waals surface area contributed by atoms with Crippen LogP contribution in [0.2, 0.25) is 0 Å². The predicted octanol–water partition coefficient (Wildman–Crippen LogP) is 1.07. The molecule has 1 aliphatic heterocycles. The topological polar surface area (TPSA) is 45.2 Å². The van der Waals surface area contributed by atoms with Crippen molar-refractivity contribution >= 4 is 17.2 Å². The van der Waals surface area contributed by atoms with Crippen molar-refractivity contribution in [3.8, 4) is 0 Å². The number of amides is 1. The average Bonchev–Trinajstić information content (AvgIpc) is 2.77. The summed E-state index contributed by atoms with van der Waals surface area (Å²) < 4.78 is 0. The summed E-state index contributed by atoms with van der Waals surface area (Å²) >= 11 is 1.64. The summed E-state index contributed by atoms with van der Waals surface area (Å²) in [6.45, 7) is 6.77. The molecule has 1 N–H and O–H groups in total. The SMILES string of the molecule is CCc1nc(CC(=O)N2CCNC[C@@H]2C)cs1. The maximum atomic E-state index is 12.1. The largest absolute Gasteiger partial charge is 0.337 e. The Bertz CT molecular complexity index is 391. The van der Waals surface area contributed by atoms with E-state index in [9.17, 15) is 4.79 Å². The van der Waals surface area contributed by atoms with Crippen LogP contribution in [-0.4, -0.2) is 41.5 Å². The molecule has 2 heterocycles. The van der Waals surface area contributed by atoms with Crippen LogP contribution >= 0.6 is 11.3 Å². The van der Waals surface area contributed by atoms with Crippen molar-refractivity contribution in [1.82, 2.24) is 15.2 Å². The molecular weight excluding hydrogens is 234 g/mol. The number of nitrogens with one attached hydrogen (secondary N) is 1. The first-order valence-corrected chi connectivity index (χ1v) is 7.02. The lowest BCUT2D eigenvalue weighted by atomic mass is 10.2. The van der Waals surface area contributed by atoms with E-state index in [1.165, 1.54) is 0 Å². The second-order valence-corrected chi connectivity index (χ2v) is 5.35. The second-order valence-electron chi connectivity index (χ2n) is 4.40. The Labute approximate surface area is 106 Å². The Morgan fingerprint density at radius 3 is 3.18 bits per heavy atom. The molecule has 1 aromatic heterocycles. The van der Waals surface area contributed by atoms with E-state index >= 15 is 0 Å². The summed E-state index contributed by atoms with van der Waals surface area (Å²) in [5.41, 5.74) is 0.919. The van der Waals surface area contributed by atoms with Gasteiger partial charge >= 0.3 is 0 Å². The molecule has 1 aromatic rings. The minimum atomic E-state index is 0.201. The molecule has 0 aliphatic carbocycles. The number of aryl methyl sites for hydroxylation is 1. The van der Waals surface area contributed by atoms with E-state index < -0.39 is 0 Å². The van der Waals surface area contributed by atoms with E-state index in [1.54, 1.807) is 11.3 Å². The number of carbonyl (C=O) groups excluding carboxylic acids is 1. The summed E-state index contributed by atoms with van der Waals surface area (Å²) in [6.07, 6.45) is 1.39. The first kappa shape index (κ1) is 12.5. The van der Waals surface area contributed by atoms with Crippen molar-refractivity contribution in [2.24, 2.45) is 0 Å². The number of thiazole rings is 1. The minimum absolute atomic E-state index is 0.201. The minimum Gasteiger partial charge on any atom is -0.337 e. The van der Waals surface area contributed by atoms with Gasteiger partial charge in [0.25, 0.3) is 0 Å². The molecule has 17 heavy (non-hydrogen) atoms. The zero-order valence-corrected chi connectivity index (χ0v) is 11.2. The standard InChI is InChI=1S/C12H19N3OS/c1-3-11-14-10(8-17-11)6-12(16)15-5-4-13-7-9(15)2/h8-9,13H,3-7H2,1-2H3/t9-/m0/s1. The van der Waals surface area contributed by atoms with Gasteiger partial charge in [-0.1, -0.05) is 6.92 Å². The second kappa shape index (κ2) is 5.60. The molecular formula is C12H19N3OS. The van der Waals surface area contributed by atoms with Gasteiger partial charge in [-0.2, -0.15) is 0 Å². The van der Waals surface area contributed by atoms with Crippen LogP contribution in [0.4, 0.5) is 0 Å². The summed E-state index contributed by atoms with van der Waals surface area (Å²) in [4.78, 5) is 18.5. The molecule has 2 rings (SSSR count). The fraction of sp³-hybridized carbons (Fsp3) is 0.667. The predicted molar refractivity (Wildman–Crippen MR) is 69.2 cm³/mol. The third-order valence-electron chi connectivity index (χ3n) is 3.06. The van der Waals surface area contributed by atoms with Gasteiger partial charge in [0, 0.05) is 31.1 Å². The zero-order valence-electron chi connectivity index (χ0n) is 10.4. The van der Waals surface area contributed by atoms with Crippen LogP contribution in [0.5, 0.6) is 0 Å². The third kappa shape index (κ3) is 3.04. The summed E-state index contributed by atoms with van der Waals surface area (Å²) in [7, 11) is 0. The molecule has 1 atom stereocenters. The highest BCUT2D eigenvalue weighted by Gasteiger charge is 2.23. The molecule has 1 aliphatic rings. The molecule has 1 amide bonds. The van der Waals surface area contributed by atoms with Crippen molar-refractivity contribution in [2.75, 3.05) is 19.6 Å². The lowest BCUT2D eigenvalue weighted by Gasteiger charge is -2.33. The van der Waals surface area contributed by atoms with Gasteiger partial charge in [-0.3, -0.25) is 4.79 Å². The highest BCUT2D eigenvalue weighted by atomic mass is 32.1. The Balaban J connectivity index is 1.95. The molecule has 0 saturated carbocycles. The molecule has 0 bridgehead atoms. The quantitative estimate of drug-likeness (QED) is 0.876. The van der Waals surface area contributed by atoms with Gasteiger partial charge in [0.15, 0.2) is 0 Å². The molecule has 0 unspecified atom stereocenters. The Morgan fingerprint density at radius 2 is 2.53 bits per heavy atom. The molecule has 0 aromatic carbocycles. The smallest absolute Gasteiger partial charge is 0.228 e. The lowest BCUT2D eigenvalue weighted by molar-refractivity contribution is -0.133. The first-order valence-electron chi connectivity index (χ1n) is 6.14. The number of carbonyl (C=O) groups is 1.